The third kappa shape index (κ3) is 6.61. The molecule has 0 aromatic carbocycles. The van der Waals surface area contributed by atoms with Crippen LogP contribution in [0.1, 0.15) is 97.8 Å². The second-order valence-electron chi connectivity index (χ2n) is 6.41. The monoisotopic (exact) mass is 284 g/mol. The van der Waals surface area contributed by atoms with Gasteiger partial charge in [-0.3, -0.25) is 0 Å². The predicted molar refractivity (Wildman–Crippen MR) is 91.8 cm³/mol. The molecule has 0 atom stereocenters. The molecule has 0 amide bonds. The molecule has 0 N–H and O–H groups in total. The van der Waals surface area contributed by atoms with Crippen molar-refractivity contribution in [1.29, 1.82) is 0 Å². The summed E-state index contributed by atoms with van der Waals surface area (Å²) in [7, 11) is 0.405. The zero-order valence-electron chi connectivity index (χ0n) is 13.8. The number of rotatable bonds is 4. The minimum absolute atomic E-state index is 0.405. The molecule has 0 aromatic rings. The van der Waals surface area contributed by atoms with E-state index in [1.165, 1.54) is 68.8 Å². The number of hydrogen-bond acceptors (Lipinski definition) is 0. The fraction of sp³-hybridized carbons (Fsp3) is 1.00. The zero-order chi connectivity index (χ0) is 13.9. The molecule has 19 heavy (non-hydrogen) atoms. The van der Waals surface area contributed by atoms with Crippen molar-refractivity contribution < 1.29 is 0 Å². The van der Waals surface area contributed by atoms with E-state index in [0.717, 1.165) is 0 Å². The third-order valence-corrected chi connectivity index (χ3v) is 8.59. The molecule has 0 bridgehead atoms. The van der Waals surface area contributed by atoms with E-state index in [1.807, 2.05) is 0 Å². The molecule has 114 valence electrons. The summed E-state index contributed by atoms with van der Waals surface area (Å²) in [5.41, 5.74) is 2.34. The first-order valence-corrected chi connectivity index (χ1v) is 10.8. The van der Waals surface area contributed by atoms with Crippen molar-refractivity contribution in [3.05, 3.63) is 0 Å². The van der Waals surface area contributed by atoms with Gasteiger partial charge >= 0.3 is 0 Å². The van der Waals surface area contributed by atoms with Gasteiger partial charge in [0.15, 0.2) is 0 Å². The predicted octanol–water partition coefficient (Wildman–Crippen LogP) is 6.96. The minimum Gasteiger partial charge on any atom is -0.101 e. The van der Waals surface area contributed by atoms with Crippen LogP contribution in [0.5, 0.6) is 0 Å². The summed E-state index contributed by atoms with van der Waals surface area (Å²) in [4.78, 5) is 0. The van der Waals surface area contributed by atoms with Gasteiger partial charge in [0.2, 0.25) is 0 Å². The van der Waals surface area contributed by atoms with Crippen molar-refractivity contribution in [2.75, 3.05) is 6.16 Å². The first kappa shape index (κ1) is 17.5. The second kappa shape index (κ2) is 11.1. The van der Waals surface area contributed by atoms with Gasteiger partial charge in [-0.25, -0.2) is 0 Å². The fourth-order valence-corrected chi connectivity index (χ4v) is 7.33. The molecule has 1 heteroatoms. The van der Waals surface area contributed by atoms with Crippen LogP contribution in [0.15, 0.2) is 0 Å². The Morgan fingerprint density at radius 2 is 1.00 bits per heavy atom. The summed E-state index contributed by atoms with van der Waals surface area (Å²) in [6.07, 6.45) is 19.7. The molecule has 0 aliphatic heterocycles. The van der Waals surface area contributed by atoms with Crippen molar-refractivity contribution >= 4 is 7.92 Å². The Morgan fingerprint density at radius 1 is 0.632 bits per heavy atom. The first-order chi connectivity index (χ1) is 9.33. The Morgan fingerprint density at radius 3 is 1.26 bits per heavy atom. The maximum atomic E-state index is 2.47. The Hall–Kier alpha value is 0.430. The highest BCUT2D eigenvalue weighted by Crippen LogP contribution is 2.55. The van der Waals surface area contributed by atoms with Crippen LogP contribution in [0.2, 0.25) is 0 Å². The molecule has 0 heterocycles. The lowest BCUT2D eigenvalue weighted by atomic mass is 9.99. The van der Waals surface area contributed by atoms with Crippen LogP contribution in [0.4, 0.5) is 0 Å². The number of hydrogen-bond donors (Lipinski definition) is 0. The lowest BCUT2D eigenvalue weighted by Crippen LogP contribution is -2.21. The lowest BCUT2D eigenvalue weighted by molar-refractivity contribution is 0.484. The molecule has 0 aromatic heterocycles. The molecule has 0 nitrogen and oxygen atoms in total. The van der Waals surface area contributed by atoms with Crippen LogP contribution in [0, 0.1) is 0 Å². The maximum absolute atomic E-state index is 2.47. The van der Waals surface area contributed by atoms with Crippen molar-refractivity contribution in [3.8, 4) is 0 Å². The van der Waals surface area contributed by atoms with Crippen molar-refractivity contribution in [2.45, 2.75) is 109 Å². The quantitative estimate of drug-likeness (QED) is 0.489. The molecule has 0 saturated heterocycles. The third-order valence-electron chi connectivity index (χ3n) is 4.95. The molecule has 2 saturated carbocycles. The van der Waals surface area contributed by atoms with Crippen molar-refractivity contribution in [2.24, 2.45) is 0 Å². The van der Waals surface area contributed by atoms with Gasteiger partial charge < -0.3 is 0 Å². The Kier molecular flexibility index (Phi) is 10.2. The molecule has 2 aliphatic carbocycles. The van der Waals surface area contributed by atoms with Crippen LogP contribution >= 0.6 is 7.92 Å². The highest BCUT2D eigenvalue weighted by Gasteiger charge is 2.29. The molecule has 2 rings (SSSR count). The van der Waals surface area contributed by atoms with Gasteiger partial charge in [-0.1, -0.05) is 72.1 Å². The van der Waals surface area contributed by atoms with Crippen LogP contribution < -0.4 is 0 Å². The normalized spacial score (nSPS) is 22.1. The summed E-state index contributed by atoms with van der Waals surface area (Å²) in [5.74, 6) is 0. The zero-order valence-corrected chi connectivity index (χ0v) is 14.7. The molecular formula is C18H37P. The summed E-state index contributed by atoms with van der Waals surface area (Å²) >= 11 is 0. The average molecular weight is 284 g/mol. The van der Waals surface area contributed by atoms with E-state index < -0.39 is 0 Å². The fourth-order valence-electron chi connectivity index (χ4n) is 3.64. The van der Waals surface area contributed by atoms with Gasteiger partial charge in [0, 0.05) is 0 Å². The summed E-state index contributed by atoms with van der Waals surface area (Å²) in [6, 6.07) is 0. The summed E-state index contributed by atoms with van der Waals surface area (Å²) in [5, 5.41) is 0. The van der Waals surface area contributed by atoms with Gasteiger partial charge in [0.05, 0.1) is 0 Å². The van der Waals surface area contributed by atoms with E-state index in [2.05, 4.69) is 20.8 Å². The molecular weight excluding hydrogens is 247 g/mol. The standard InChI is InChI=1S/C14H27P.C4H10/c1-2-15(13-9-5-3-6-10-13)14-11-7-4-8-12-14;1-3-4-2/h13-14H,2-12H2,1H3;3-4H2,1-2H3. The van der Waals surface area contributed by atoms with E-state index in [1.54, 1.807) is 25.7 Å². The minimum atomic E-state index is 0.405. The van der Waals surface area contributed by atoms with Gasteiger partial charge in [-0.15, -0.1) is 7.92 Å². The van der Waals surface area contributed by atoms with E-state index >= 15 is 0 Å². The van der Waals surface area contributed by atoms with Crippen LogP contribution in [-0.4, -0.2) is 17.5 Å². The largest absolute Gasteiger partial charge is 0.101 e. The molecule has 0 unspecified atom stereocenters. The molecule has 2 aliphatic rings. The summed E-state index contributed by atoms with van der Waals surface area (Å²) < 4.78 is 0. The van der Waals surface area contributed by atoms with Crippen molar-refractivity contribution in [1.82, 2.24) is 0 Å². The highest BCUT2D eigenvalue weighted by molar-refractivity contribution is 7.59. The van der Waals surface area contributed by atoms with E-state index in [0.29, 0.717) is 7.92 Å². The van der Waals surface area contributed by atoms with Crippen LogP contribution in [-0.2, 0) is 0 Å². The van der Waals surface area contributed by atoms with Gasteiger partial charge in [0.25, 0.3) is 0 Å². The Labute approximate surface area is 123 Å². The SMILES string of the molecule is CCCC.CCP(C1CCCCC1)C1CCCCC1. The molecule has 2 fully saturated rings. The Balaban J connectivity index is 0.000000399. The summed E-state index contributed by atoms with van der Waals surface area (Å²) in [6.45, 7) is 6.83. The van der Waals surface area contributed by atoms with Crippen LogP contribution in [0.25, 0.3) is 0 Å². The second-order valence-corrected chi connectivity index (χ2v) is 9.54. The Bertz CT molecular complexity index is 170. The first-order valence-electron chi connectivity index (χ1n) is 9.09. The van der Waals surface area contributed by atoms with E-state index in [-0.39, 0.29) is 0 Å². The van der Waals surface area contributed by atoms with Crippen LogP contribution in [0.3, 0.4) is 0 Å². The lowest BCUT2D eigenvalue weighted by Gasteiger charge is -2.38. The van der Waals surface area contributed by atoms with E-state index in [4.69, 9.17) is 0 Å². The maximum Gasteiger partial charge on any atom is -0.0207 e. The highest BCUT2D eigenvalue weighted by atomic mass is 31.1. The molecule has 0 radical (unpaired) electrons. The topological polar surface area (TPSA) is 0 Å². The van der Waals surface area contributed by atoms with Gasteiger partial charge in [-0.05, 0) is 43.2 Å². The number of unbranched alkanes of at least 4 members (excludes halogenated alkanes) is 1. The van der Waals surface area contributed by atoms with Gasteiger partial charge in [-0.2, -0.15) is 0 Å². The van der Waals surface area contributed by atoms with Gasteiger partial charge in [0.1, 0.15) is 0 Å². The van der Waals surface area contributed by atoms with Crippen molar-refractivity contribution in [3.63, 3.8) is 0 Å². The average Bonchev–Trinajstić information content (AvgIpc) is 2.50. The van der Waals surface area contributed by atoms with E-state index in [9.17, 15) is 0 Å². The molecule has 0 spiro atoms. The smallest absolute Gasteiger partial charge is 0.0207 e.